The Bertz CT molecular complexity index is 813. The molecule has 1 aliphatic heterocycles. The predicted molar refractivity (Wildman–Crippen MR) is 97.9 cm³/mol. The molecule has 2 aromatic rings. The molecule has 1 atom stereocenters. The second kappa shape index (κ2) is 8.25. The van der Waals surface area contributed by atoms with Gasteiger partial charge in [0.1, 0.15) is 11.9 Å². The molecule has 7 heteroatoms. The summed E-state index contributed by atoms with van der Waals surface area (Å²) in [5.74, 6) is 0.415. The van der Waals surface area contributed by atoms with E-state index in [1.54, 1.807) is 20.2 Å². The number of nitrogens with zero attached hydrogens (tertiary/aromatic N) is 3. The third kappa shape index (κ3) is 4.17. The quantitative estimate of drug-likeness (QED) is 0.850. The van der Waals surface area contributed by atoms with Crippen LogP contribution in [0.5, 0.6) is 0 Å². The van der Waals surface area contributed by atoms with E-state index < -0.39 is 6.04 Å². The number of ether oxygens (including phenoxy) is 1. The Kier molecular flexibility index (Phi) is 5.80. The Morgan fingerprint density at radius 1 is 1.27 bits per heavy atom. The van der Waals surface area contributed by atoms with Gasteiger partial charge in [0.15, 0.2) is 0 Å². The van der Waals surface area contributed by atoms with Gasteiger partial charge in [-0.1, -0.05) is 30.3 Å². The molecule has 2 heterocycles. The van der Waals surface area contributed by atoms with Gasteiger partial charge in [0.2, 0.25) is 5.91 Å². The maximum Gasteiger partial charge on any atom is 0.256 e. The van der Waals surface area contributed by atoms with E-state index in [9.17, 15) is 9.59 Å². The zero-order chi connectivity index (χ0) is 18.5. The van der Waals surface area contributed by atoms with E-state index in [4.69, 9.17) is 4.74 Å². The summed E-state index contributed by atoms with van der Waals surface area (Å²) < 4.78 is 6.82. The van der Waals surface area contributed by atoms with E-state index in [1.165, 1.54) is 4.57 Å². The number of hydrogen-bond donors (Lipinski definition) is 1. The molecule has 0 aliphatic carbocycles. The third-order valence-electron chi connectivity index (χ3n) is 4.54. The van der Waals surface area contributed by atoms with Crippen LogP contribution < -0.4 is 10.9 Å². The fourth-order valence-corrected chi connectivity index (χ4v) is 3.05. The monoisotopic (exact) mass is 356 g/mol. The summed E-state index contributed by atoms with van der Waals surface area (Å²) >= 11 is 0. The van der Waals surface area contributed by atoms with Crippen molar-refractivity contribution in [3.05, 3.63) is 63.8 Å². The molecule has 1 N–H and O–H groups in total. The Morgan fingerprint density at radius 3 is 2.65 bits per heavy atom. The van der Waals surface area contributed by atoms with Crippen molar-refractivity contribution in [2.75, 3.05) is 32.8 Å². The van der Waals surface area contributed by atoms with Gasteiger partial charge in [-0.05, 0) is 12.5 Å². The molecule has 0 spiro atoms. The number of amides is 1. The fourth-order valence-electron chi connectivity index (χ4n) is 3.05. The minimum absolute atomic E-state index is 0.101. The largest absolute Gasteiger partial charge is 0.379 e. The summed E-state index contributed by atoms with van der Waals surface area (Å²) in [6, 6.07) is 9.09. The summed E-state index contributed by atoms with van der Waals surface area (Å²) in [6.07, 6.45) is 1.56. The molecular weight excluding hydrogens is 332 g/mol. The molecule has 0 radical (unpaired) electrons. The maximum absolute atomic E-state index is 12.6. The number of hydrogen-bond acceptors (Lipinski definition) is 5. The standard InChI is InChI=1S/C19H24N4O3/c1-14-12-20-18(22(2)19(14)25)17(15-6-4-3-5-7-15)21-16(24)13-23-8-10-26-11-9-23/h3-7,12,17H,8-11,13H2,1-2H3,(H,21,24). The average Bonchev–Trinajstić information content (AvgIpc) is 2.66. The number of morpholine rings is 1. The Hall–Kier alpha value is -2.51. The molecule has 1 unspecified atom stereocenters. The third-order valence-corrected chi connectivity index (χ3v) is 4.54. The van der Waals surface area contributed by atoms with Gasteiger partial charge in [-0.2, -0.15) is 0 Å². The molecule has 26 heavy (non-hydrogen) atoms. The first-order valence-corrected chi connectivity index (χ1v) is 8.73. The highest BCUT2D eigenvalue weighted by Crippen LogP contribution is 2.19. The van der Waals surface area contributed by atoms with Crippen LogP contribution in [0.2, 0.25) is 0 Å². The lowest BCUT2D eigenvalue weighted by Crippen LogP contribution is -2.44. The molecule has 138 valence electrons. The number of benzene rings is 1. The van der Waals surface area contributed by atoms with Crippen molar-refractivity contribution in [1.29, 1.82) is 0 Å². The zero-order valence-corrected chi connectivity index (χ0v) is 15.1. The lowest BCUT2D eigenvalue weighted by Gasteiger charge is -2.27. The van der Waals surface area contributed by atoms with Gasteiger partial charge in [-0.15, -0.1) is 0 Å². The molecule has 1 amide bonds. The van der Waals surface area contributed by atoms with E-state index in [2.05, 4.69) is 15.2 Å². The summed E-state index contributed by atoms with van der Waals surface area (Å²) in [4.78, 5) is 31.4. The zero-order valence-electron chi connectivity index (χ0n) is 15.1. The van der Waals surface area contributed by atoms with Crippen molar-refractivity contribution < 1.29 is 9.53 Å². The van der Waals surface area contributed by atoms with Crippen LogP contribution >= 0.6 is 0 Å². The van der Waals surface area contributed by atoms with Crippen LogP contribution in [0.1, 0.15) is 23.0 Å². The first-order valence-electron chi connectivity index (χ1n) is 8.73. The van der Waals surface area contributed by atoms with E-state index >= 15 is 0 Å². The van der Waals surface area contributed by atoms with E-state index in [-0.39, 0.29) is 11.5 Å². The van der Waals surface area contributed by atoms with Gasteiger partial charge >= 0.3 is 0 Å². The molecule has 3 rings (SSSR count). The molecule has 0 bridgehead atoms. The molecule has 1 aromatic heterocycles. The number of carbonyl (C=O) groups is 1. The number of carbonyl (C=O) groups excluding carboxylic acids is 1. The highest BCUT2D eigenvalue weighted by atomic mass is 16.5. The second-order valence-electron chi connectivity index (χ2n) is 6.46. The summed E-state index contributed by atoms with van der Waals surface area (Å²) in [6.45, 7) is 4.79. The Labute approximate surface area is 152 Å². The second-order valence-corrected chi connectivity index (χ2v) is 6.46. The maximum atomic E-state index is 12.6. The van der Waals surface area contributed by atoms with Gasteiger partial charge in [0.05, 0.1) is 19.8 Å². The van der Waals surface area contributed by atoms with Crippen LogP contribution in [0.15, 0.2) is 41.3 Å². The van der Waals surface area contributed by atoms with Gasteiger partial charge in [0, 0.05) is 31.9 Å². The lowest BCUT2D eigenvalue weighted by atomic mass is 10.1. The summed E-state index contributed by atoms with van der Waals surface area (Å²) in [5.41, 5.74) is 1.34. The molecular formula is C19H24N4O3. The van der Waals surface area contributed by atoms with Crippen LogP contribution in [0.3, 0.4) is 0 Å². The molecule has 1 fully saturated rings. The van der Waals surface area contributed by atoms with E-state index in [0.29, 0.717) is 31.1 Å². The van der Waals surface area contributed by atoms with Crippen LogP contribution in [0, 0.1) is 6.92 Å². The van der Waals surface area contributed by atoms with Crippen molar-refractivity contribution in [2.24, 2.45) is 7.05 Å². The average molecular weight is 356 g/mol. The number of rotatable bonds is 5. The number of nitrogens with one attached hydrogen (secondary N) is 1. The van der Waals surface area contributed by atoms with E-state index in [0.717, 1.165) is 18.7 Å². The summed E-state index contributed by atoms with van der Waals surface area (Å²) in [7, 11) is 1.68. The SMILES string of the molecule is Cc1cnc(C(NC(=O)CN2CCOCC2)c2ccccc2)n(C)c1=O. The molecule has 0 saturated carbocycles. The minimum atomic E-state index is -0.483. The van der Waals surface area contributed by atoms with Crippen molar-refractivity contribution >= 4 is 5.91 Å². The Balaban J connectivity index is 1.86. The molecule has 1 aromatic carbocycles. The van der Waals surface area contributed by atoms with Gasteiger partial charge in [0.25, 0.3) is 5.56 Å². The smallest absolute Gasteiger partial charge is 0.256 e. The predicted octanol–water partition coefficient (Wildman–Crippen LogP) is 0.627. The molecule has 7 nitrogen and oxygen atoms in total. The first-order chi connectivity index (χ1) is 12.6. The minimum Gasteiger partial charge on any atom is -0.379 e. The van der Waals surface area contributed by atoms with Crippen molar-refractivity contribution in [2.45, 2.75) is 13.0 Å². The van der Waals surface area contributed by atoms with Gasteiger partial charge in [-0.25, -0.2) is 4.98 Å². The highest BCUT2D eigenvalue weighted by Gasteiger charge is 2.23. The van der Waals surface area contributed by atoms with Crippen LogP contribution in [-0.4, -0.2) is 53.2 Å². The highest BCUT2D eigenvalue weighted by molar-refractivity contribution is 5.79. The van der Waals surface area contributed by atoms with Crippen LogP contribution in [0.4, 0.5) is 0 Å². The number of aryl methyl sites for hydroxylation is 1. The van der Waals surface area contributed by atoms with Crippen LogP contribution in [-0.2, 0) is 16.6 Å². The lowest BCUT2D eigenvalue weighted by molar-refractivity contribution is -0.123. The fraction of sp³-hybridized carbons (Fsp3) is 0.421. The molecule has 1 aliphatic rings. The van der Waals surface area contributed by atoms with Crippen molar-refractivity contribution in [3.63, 3.8) is 0 Å². The first kappa shape index (κ1) is 18.3. The molecule has 1 saturated heterocycles. The summed E-state index contributed by atoms with van der Waals surface area (Å²) in [5, 5.41) is 3.04. The topological polar surface area (TPSA) is 76.5 Å². The van der Waals surface area contributed by atoms with Crippen LogP contribution in [0.25, 0.3) is 0 Å². The van der Waals surface area contributed by atoms with Crippen molar-refractivity contribution in [3.8, 4) is 0 Å². The normalized spacial score (nSPS) is 16.2. The van der Waals surface area contributed by atoms with Gasteiger partial charge < -0.3 is 10.1 Å². The number of aromatic nitrogens is 2. The van der Waals surface area contributed by atoms with E-state index in [1.807, 2.05) is 30.3 Å². The Morgan fingerprint density at radius 2 is 1.96 bits per heavy atom. The van der Waals surface area contributed by atoms with Crippen molar-refractivity contribution in [1.82, 2.24) is 19.8 Å². The van der Waals surface area contributed by atoms with Gasteiger partial charge in [-0.3, -0.25) is 19.1 Å².